The number of nitrogens with one attached hydrogen (secondary N) is 1. The quantitative estimate of drug-likeness (QED) is 0.548. The van der Waals surface area contributed by atoms with Crippen LogP contribution in [0.3, 0.4) is 0 Å². The summed E-state index contributed by atoms with van der Waals surface area (Å²) in [5, 5.41) is 8.66. The molecule has 0 radical (unpaired) electrons. The van der Waals surface area contributed by atoms with Crippen molar-refractivity contribution in [3.63, 3.8) is 0 Å². The lowest BCUT2D eigenvalue weighted by Crippen LogP contribution is -2.30. The second-order valence-corrected chi connectivity index (χ2v) is 4.39. The van der Waals surface area contributed by atoms with Crippen molar-refractivity contribution in [1.82, 2.24) is 0 Å². The van der Waals surface area contributed by atoms with Crippen LogP contribution in [0.25, 0.3) is 0 Å². The average Bonchev–Trinajstić information content (AvgIpc) is 2.14. The van der Waals surface area contributed by atoms with Crippen molar-refractivity contribution in [2.75, 3.05) is 11.9 Å². The van der Waals surface area contributed by atoms with Crippen LogP contribution in [0.1, 0.15) is 0 Å². The zero-order chi connectivity index (χ0) is 13.2. The molecule has 1 aromatic rings. The number of rotatable bonds is 1. The van der Waals surface area contributed by atoms with Crippen LogP contribution in [0.4, 0.5) is 5.69 Å². The van der Waals surface area contributed by atoms with Crippen molar-refractivity contribution < 1.29 is 0 Å². The van der Waals surface area contributed by atoms with Crippen molar-refractivity contribution in [2.45, 2.75) is 0 Å². The van der Waals surface area contributed by atoms with E-state index in [1.165, 1.54) is 17.0 Å². The van der Waals surface area contributed by atoms with E-state index in [1.807, 2.05) is 0 Å². The molecule has 17 heavy (non-hydrogen) atoms. The van der Waals surface area contributed by atoms with Gasteiger partial charge in [-0.1, -0.05) is 34.8 Å². The summed E-state index contributed by atoms with van der Waals surface area (Å²) in [6.07, 6.45) is 0. The number of aliphatic imine (C=N–C) groups is 1. The molecular formula is C9H10Cl3N5. The molecule has 92 valence electrons. The molecule has 0 heterocycles. The Balaban J connectivity index is 3.17. The highest BCUT2D eigenvalue weighted by Crippen LogP contribution is 2.36. The predicted octanol–water partition coefficient (Wildman–Crippen LogP) is 2.29. The van der Waals surface area contributed by atoms with Gasteiger partial charge >= 0.3 is 0 Å². The Morgan fingerprint density at radius 3 is 2.12 bits per heavy atom. The maximum Gasteiger partial charge on any atom is 0.225 e. The summed E-state index contributed by atoms with van der Waals surface area (Å²) in [7, 11) is 1.57. The van der Waals surface area contributed by atoms with Crippen LogP contribution in [-0.2, 0) is 0 Å². The zero-order valence-corrected chi connectivity index (χ0v) is 11.1. The van der Waals surface area contributed by atoms with E-state index >= 15 is 0 Å². The van der Waals surface area contributed by atoms with Gasteiger partial charge in [0, 0.05) is 12.1 Å². The first kappa shape index (κ1) is 13.9. The molecule has 5 nitrogen and oxygen atoms in total. The van der Waals surface area contributed by atoms with E-state index in [2.05, 4.69) is 4.99 Å². The van der Waals surface area contributed by atoms with Gasteiger partial charge in [-0.3, -0.25) is 5.41 Å². The number of hydrogen-bond donors (Lipinski definition) is 3. The topological polar surface area (TPSA) is 91.5 Å². The van der Waals surface area contributed by atoms with E-state index in [0.29, 0.717) is 20.8 Å². The lowest BCUT2D eigenvalue weighted by molar-refractivity contribution is 1.19. The fourth-order valence-electron chi connectivity index (χ4n) is 1.16. The second kappa shape index (κ2) is 5.44. The predicted molar refractivity (Wildman–Crippen MR) is 73.4 cm³/mol. The maximum atomic E-state index is 7.64. The summed E-state index contributed by atoms with van der Waals surface area (Å²) in [6.45, 7) is 0. The standard InChI is InChI=1S/C9H10Cl3N5/c1-17(9(15)16-8(13)14)7-5(11)2-4(10)3-6(7)12/h2-3H,1H3,(H5,13,14,15,16). The third-order valence-electron chi connectivity index (χ3n) is 1.87. The van der Waals surface area contributed by atoms with Crippen molar-refractivity contribution >= 4 is 52.4 Å². The molecule has 1 aromatic carbocycles. The fourth-order valence-corrected chi connectivity index (χ4v) is 2.23. The normalized spacial score (nSPS) is 9.88. The molecule has 0 amide bonds. The molecule has 0 unspecified atom stereocenters. The summed E-state index contributed by atoms with van der Waals surface area (Å²) in [4.78, 5) is 4.94. The highest BCUT2D eigenvalue weighted by Gasteiger charge is 2.15. The molecule has 1 rings (SSSR count). The van der Waals surface area contributed by atoms with E-state index < -0.39 is 0 Å². The smallest absolute Gasteiger partial charge is 0.225 e. The zero-order valence-electron chi connectivity index (χ0n) is 8.84. The molecule has 0 aliphatic rings. The minimum Gasteiger partial charge on any atom is -0.370 e. The number of benzene rings is 1. The van der Waals surface area contributed by atoms with Gasteiger partial charge in [-0.25, -0.2) is 0 Å². The van der Waals surface area contributed by atoms with Gasteiger partial charge in [-0.2, -0.15) is 4.99 Å². The fraction of sp³-hybridized carbons (Fsp3) is 0.111. The Labute approximate surface area is 113 Å². The second-order valence-electron chi connectivity index (χ2n) is 3.14. The Hall–Kier alpha value is -1.17. The third-order valence-corrected chi connectivity index (χ3v) is 2.66. The van der Waals surface area contributed by atoms with Crippen molar-refractivity contribution in [3.8, 4) is 0 Å². The van der Waals surface area contributed by atoms with Crippen LogP contribution in [0.15, 0.2) is 17.1 Å². The van der Waals surface area contributed by atoms with Crippen molar-refractivity contribution in [1.29, 1.82) is 5.41 Å². The minimum atomic E-state index is -0.219. The maximum absolute atomic E-state index is 7.64. The molecule has 5 N–H and O–H groups in total. The summed E-state index contributed by atoms with van der Waals surface area (Å²) < 4.78 is 0. The number of hydrogen-bond acceptors (Lipinski definition) is 1. The lowest BCUT2D eigenvalue weighted by Gasteiger charge is -2.20. The molecule has 0 aromatic heterocycles. The van der Waals surface area contributed by atoms with Crippen LogP contribution in [-0.4, -0.2) is 19.0 Å². The van der Waals surface area contributed by atoms with E-state index in [1.54, 1.807) is 7.05 Å². The van der Waals surface area contributed by atoms with Gasteiger partial charge in [0.15, 0.2) is 5.96 Å². The minimum absolute atomic E-state index is 0.184. The monoisotopic (exact) mass is 293 g/mol. The molecule has 0 aliphatic heterocycles. The van der Waals surface area contributed by atoms with Crippen LogP contribution in [0.2, 0.25) is 15.1 Å². The van der Waals surface area contributed by atoms with Gasteiger partial charge in [0.1, 0.15) is 0 Å². The van der Waals surface area contributed by atoms with E-state index in [0.717, 1.165) is 0 Å². The Morgan fingerprint density at radius 1 is 1.24 bits per heavy atom. The summed E-state index contributed by atoms with van der Waals surface area (Å²) in [6, 6.07) is 3.03. The van der Waals surface area contributed by atoms with Crippen molar-refractivity contribution in [2.24, 2.45) is 16.5 Å². The largest absolute Gasteiger partial charge is 0.370 e. The van der Waals surface area contributed by atoms with Gasteiger partial charge < -0.3 is 16.4 Å². The first-order chi connectivity index (χ1) is 7.82. The SMILES string of the molecule is CN(C(=N)N=C(N)N)c1c(Cl)cc(Cl)cc1Cl. The van der Waals surface area contributed by atoms with E-state index in [4.69, 9.17) is 51.7 Å². The molecule has 0 saturated carbocycles. The third kappa shape index (κ3) is 3.39. The van der Waals surface area contributed by atoms with Gasteiger partial charge in [0.05, 0.1) is 15.7 Å². The Kier molecular flexibility index (Phi) is 4.45. The molecule has 0 saturated heterocycles. The van der Waals surface area contributed by atoms with Crippen LogP contribution >= 0.6 is 34.8 Å². The number of guanidine groups is 2. The summed E-state index contributed by atoms with van der Waals surface area (Å²) >= 11 is 17.8. The average molecular weight is 295 g/mol. The Bertz CT molecular complexity index is 459. The number of halogens is 3. The van der Waals surface area contributed by atoms with Crippen LogP contribution < -0.4 is 16.4 Å². The van der Waals surface area contributed by atoms with E-state index in [9.17, 15) is 0 Å². The lowest BCUT2D eigenvalue weighted by atomic mass is 10.3. The van der Waals surface area contributed by atoms with E-state index in [-0.39, 0.29) is 11.9 Å². The number of nitrogens with zero attached hydrogens (tertiary/aromatic N) is 2. The number of anilines is 1. The first-order valence-electron chi connectivity index (χ1n) is 4.39. The molecule has 0 fully saturated rings. The molecule has 0 aliphatic carbocycles. The van der Waals surface area contributed by atoms with Crippen LogP contribution in [0, 0.1) is 5.41 Å². The van der Waals surface area contributed by atoms with Crippen molar-refractivity contribution in [3.05, 3.63) is 27.2 Å². The van der Waals surface area contributed by atoms with Gasteiger partial charge in [-0.15, -0.1) is 0 Å². The number of nitrogens with two attached hydrogens (primary N) is 2. The molecule has 0 atom stereocenters. The molecular weight excluding hydrogens is 284 g/mol. The van der Waals surface area contributed by atoms with Gasteiger partial charge in [-0.05, 0) is 12.1 Å². The molecule has 0 spiro atoms. The summed E-state index contributed by atoms with van der Waals surface area (Å²) in [5.74, 6) is -0.404. The molecule has 0 bridgehead atoms. The summed E-state index contributed by atoms with van der Waals surface area (Å²) in [5.41, 5.74) is 10.8. The highest BCUT2D eigenvalue weighted by atomic mass is 35.5. The van der Waals surface area contributed by atoms with Crippen LogP contribution in [0.5, 0.6) is 0 Å². The Morgan fingerprint density at radius 2 is 1.71 bits per heavy atom. The van der Waals surface area contributed by atoms with Gasteiger partial charge in [0.25, 0.3) is 0 Å². The van der Waals surface area contributed by atoms with Gasteiger partial charge in [0.2, 0.25) is 5.96 Å². The molecule has 8 heteroatoms. The first-order valence-corrected chi connectivity index (χ1v) is 5.52. The highest BCUT2D eigenvalue weighted by molar-refractivity contribution is 6.42.